The molecule has 0 fully saturated rings. The van der Waals surface area contributed by atoms with Crippen LogP contribution in [-0.2, 0) is 4.79 Å². The Hall–Kier alpha value is -1.62. The van der Waals surface area contributed by atoms with Gasteiger partial charge in [0, 0.05) is 12.6 Å². The molecule has 4 nitrogen and oxygen atoms in total. The molecule has 0 saturated carbocycles. The molecule has 0 heterocycles. The normalized spacial score (nSPS) is 12.0. The van der Waals surface area contributed by atoms with Crippen LogP contribution in [0.4, 0.5) is 5.69 Å². The number of hydrogen-bond acceptors (Lipinski definition) is 3. The third-order valence-electron chi connectivity index (χ3n) is 3.85. The first kappa shape index (κ1) is 17.4. The van der Waals surface area contributed by atoms with Crippen LogP contribution in [0.5, 0.6) is 5.75 Å². The van der Waals surface area contributed by atoms with E-state index in [-0.39, 0.29) is 16.7 Å². The van der Waals surface area contributed by atoms with Gasteiger partial charge in [0.15, 0.2) is 5.78 Å². The molecule has 0 saturated heterocycles. The predicted molar refractivity (Wildman–Crippen MR) is 88.6 cm³/mol. The molecular weight excluding hydrogens is 282 g/mol. The molecule has 0 aliphatic carbocycles. The second kappa shape index (κ2) is 6.01. The quantitative estimate of drug-likeness (QED) is 0.669. The number of carbonyl (C=O) groups excluding carboxylic acids is 2. The van der Waals surface area contributed by atoms with E-state index in [1.165, 1.54) is 13.8 Å². The maximum Gasteiger partial charge on any atom is 0.250 e. The first-order valence-electron chi connectivity index (χ1n) is 7.05. The SMILES string of the molecule is CC(=O)Nc1ccc(O[Si](C)(C)C(C)(C)C)c(C(C)=O)c1. The number of nitrogens with one attached hydrogen (secondary N) is 1. The lowest BCUT2D eigenvalue weighted by Gasteiger charge is -2.37. The minimum Gasteiger partial charge on any atom is -0.543 e. The fraction of sp³-hybridized carbons (Fsp3) is 0.500. The summed E-state index contributed by atoms with van der Waals surface area (Å²) >= 11 is 0. The van der Waals surface area contributed by atoms with Crippen LogP contribution >= 0.6 is 0 Å². The van der Waals surface area contributed by atoms with E-state index in [9.17, 15) is 9.59 Å². The van der Waals surface area contributed by atoms with Crippen LogP contribution in [0.15, 0.2) is 18.2 Å². The van der Waals surface area contributed by atoms with Crippen molar-refractivity contribution in [2.45, 2.75) is 52.8 Å². The molecule has 0 bridgehead atoms. The van der Waals surface area contributed by atoms with Gasteiger partial charge in [0.25, 0.3) is 8.32 Å². The smallest absolute Gasteiger partial charge is 0.250 e. The predicted octanol–water partition coefficient (Wildman–Crippen LogP) is 4.23. The summed E-state index contributed by atoms with van der Waals surface area (Å²) < 4.78 is 6.22. The average Bonchev–Trinajstić information content (AvgIpc) is 2.28. The number of benzene rings is 1. The molecule has 1 N–H and O–H groups in total. The fourth-order valence-corrected chi connectivity index (χ4v) is 2.64. The Labute approximate surface area is 128 Å². The first-order chi connectivity index (χ1) is 9.44. The van der Waals surface area contributed by atoms with Crippen molar-refractivity contribution in [3.8, 4) is 5.75 Å². The van der Waals surface area contributed by atoms with E-state index in [0.717, 1.165) is 0 Å². The first-order valence-corrected chi connectivity index (χ1v) is 9.96. The van der Waals surface area contributed by atoms with E-state index in [4.69, 9.17) is 4.43 Å². The lowest BCUT2D eigenvalue weighted by atomic mass is 10.1. The number of ketones is 1. The van der Waals surface area contributed by atoms with Crippen LogP contribution in [0.25, 0.3) is 0 Å². The summed E-state index contributed by atoms with van der Waals surface area (Å²) in [6.45, 7) is 13.7. The molecule has 0 aliphatic heterocycles. The molecule has 1 aromatic carbocycles. The van der Waals surface area contributed by atoms with E-state index >= 15 is 0 Å². The Kier molecular flexibility index (Phi) is 4.99. The van der Waals surface area contributed by atoms with Crippen molar-refractivity contribution >= 4 is 25.7 Å². The van der Waals surface area contributed by atoms with Gasteiger partial charge in [0.2, 0.25) is 5.91 Å². The van der Waals surface area contributed by atoms with Crippen LogP contribution in [-0.4, -0.2) is 20.0 Å². The second-order valence-corrected chi connectivity index (χ2v) is 11.5. The number of amides is 1. The Balaban J connectivity index is 3.19. The van der Waals surface area contributed by atoms with Gasteiger partial charge in [-0.1, -0.05) is 20.8 Å². The Morgan fingerprint density at radius 2 is 1.71 bits per heavy atom. The minimum atomic E-state index is -2.01. The van der Waals surface area contributed by atoms with E-state index < -0.39 is 8.32 Å². The Bertz CT molecular complexity index is 559. The van der Waals surface area contributed by atoms with Gasteiger partial charge >= 0.3 is 0 Å². The highest BCUT2D eigenvalue weighted by molar-refractivity contribution is 6.74. The standard InChI is InChI=1S/C16H25NO3Si/c1-11(18)14-10-13(17-12(2)19)8-9-15(14)20-21(6,7)16(3,4)5/h8-10H,1-7H3,(H,17,19). The summed E-state index contributed by atoms with van der Waals surface area (Å²) in [6.07, 6.45) is 0. The zero-order valence-corrected chi connectivity index (χ0v) is 15.0. The molecule has 0 atom stereocenters. The summed E-state index contributed by atoms with van der Waals surface area (Å²) in [6, 6.07) is 5.20. The van der Waals surface area contributed by atoms with Crippen LogP contribution < -0.4 is 9.74 Å². The molecule has 21 heavy (non-hydrogen) atoms. The highest BCUT2D eigenvalue weighted by Crippen LogP contribution is 2.38. The minimum absolute atomic E-state index is 0.0529. The van der Waals surface area contributed by atoms with Crippen molar-refractivity contribution in [3.63, 3.8) is 0 Å². The van der Waals surface area contributed by atoms with Crippen LogP contribution in [0, 0.1) is 0 Å². The van der Waals surface area contributed by atoms with Gasteiger partial charge < -0.3 is 9.74 Å². The second-order valence-electron chi connectivity index (χ2n) is 6.81. The third kappa shape index (κ3) is 4.42. The molecule has 116 valence electrons. The topological polar surface area (TPSA) is 55.4 Å². The lowest BCUT2D eigenvalue weighted by molar-refractivity contribution is -0.114. The number of Topliss-reactive ketones (excluding diaryl/α,β-unsaturated/α-hetero) is 1. The summed E-state index contributed by atoms with van der Waals surface area (Å²) in [5, 5.41) is 2.74. The summed E-state index contributed by atoms with van der Waals surface area (Å²) in [5.74, 6) is 0.363. The summed E-state index contributed by atoms with van der Waals surface area (Å²) in [5.41, 5.74) is 1.11. The van der Waals surface area contributed by atoms with Crippen molar-refractivity contribution in [1.82, 2.24) is 0 Å². The number of rotatable bonds is 4. The molecule has 1 rings (SSSR count). The molecular formula is C16H25NO3Si. The van der Waals surface area contributed by atoms with Gasteiger partial charge in [-0.2, -0.15) is 0 Å². The zero-order valence-electron chi connectivity index (χ0n) is 14.0. The molecule has 0 radical (unpaired) electrons. The third-order valence-corrected chi connectivity index (χ3v) is 8.19. The van der Waals surface area contributed by atoms with Gasteiger partial charge in [-0.25, -0.2) is 0 Å². The van der Waals surface area contributed by atoms with Crippen molar-refractivity contribution in [2.75, 3.05) is 5.32 Å². The Morgan fingerprint density at radius 3 is 2.14 bits per heavy atom. The summed E-state index contributed by atoms with van der Waals surface area (Å²) in [7, 11) is -2.01. The molecule has 1 aromatic rings. The molecule has 1 amide bonds. The van der Waals surface area contributed by atoms with Crippen molar-refractivity contribution < 1.29 is 14.0 Å². The van der Waals surface area contributed by atoms with E-state index in [1.54, 1.807) is 18.2 Å². The Morgan fingerprint density at radius 1 is 1.14 bits per heavy atom. The lowest BCUT2D eigenvalue weighted by Crippen LogP contribution is -2.44. The van der Waals surface area contributed by atoms with Gasteiger partial charge in [-0.15, -0.1) is 0 Å². The van der Waals surface area contributed by atoms with Crippen molar-refractivity contribution in [3.05, 3.63) is 23.8 Å². The van der Waals surface area contributed by atoms with Crippen LogP contribution in [0.1, 0.15) is 45.0 Å². The van der Waals surface area contributed by atoms with E-state index in [1.807, 2.05) is 0 Å². The van der Waals surface area contributed by atoms with E-state index in [2.05, 4.69) is 39.2 Å². The monoisotopic (exact) mass is 307 g/mol. The van der Waals surface area contributed by atoms with Gasteiger partial charge in [-0.05, 0) is 43.3 Å². The van der Waals surface area contributed by atoms with Crippen molar-refractivity contribution in [1.29, 1.82) is 0 Å². The molecule has 0 aromatic heterocycles. The number of anilines is 1. The van der Waals surface area contributed by atoms with Gasteiger partial charge in [0.1, 0.15) is 5.75 Å². The van der Waals surface area contributed by atoms with Crippen LogP contribution in [0.3, 0.4) is 0 Å². The van der Waals surface area contributed by atoms with Gasteiger partial charge in [-0.3, -0.25) is 9.59 Å². The summed E-state index contributed by atoms with van der Waals surface area (Å²) in [4.78, 5) is 23.0. The highest BCUT2D eigenvalue weighted by atomic mass is 28.4. The maximum absolute atomic E-state index is 11.9. The molecule has 5 heteroatoms. The number of carbonyl (C=O) groups is 2. The van der Waals surface area contributed by atoms with Crippen molar-refractivity contribution in [2.24, 2.45) is 0 Å². The highest BCUT2D eigenvalue weighted by Gasteiger charge is 2.39. The molecule has 0 spiro atoms. The van der Waals surface area contributed by atoms with Crippen LogP contribution in [0.2, 0.25) is 18.1 Å². The van der Waals surface area contributed by atoms with E-state index in [0.29, 0.717) is 17.0 Å². The van der Waals surface area contributed by atoms with Gasteiger partial charge in [0.05, 0.1) is 5.56 Å². The molecule has 0 unspecified atom stereocenters. The largest absolute Gasteiger partial charge is 0.543 e. The maximum atomic E-state index is 11.9. The molecule has 0 aliphatic rings. The fourth-order valence-electron chi connectivity index (χ4n) is 1.60. The average molecular weight is 307 g/mol. The zero-order chi connectivity index (χ0) is 16.4. The number of hydrogen-bond donors (Lipinski definition) is 1.